The van der Waals surface area contributed by atoms with Gasteiger partial charge in [-0.3, -0.25) is 0 Å². The van der Waals surface area contributed by atoms with E-state index in [4.69, 9.17) is 5.11 Å². The lowest BCUT2D eigenvalue weighted by atomic mass is 10.2. The molecule has 72 valence electrons. The van der Waals surface area contributed by atoms with Crippen LogP contribution in [0.25, 0.3) is 10.6 Å². The minimum atomic E-state index is 0.0962. The van der Waals surface area contributed by atoms with Crippen LogP contribution < -0.4 is 0 Å². The number of benzene rings is 1. The zero-order chi connectivity index (χ0) is 9.97. The van der Waals surface area contributed by atoms with Crippen molar-refractivity contribution in [2.75, 3.05) is 6.26 Å². The van der Waals surface area contributed by atoms with Crippen molar-refractivity contribution in [3.8, 4) is 16.5 Å². The summed E-state index contributed by atoms with van der Waals surface area (Å²) in [7, 11) is 0. The lowest BCUT2D eigenvalue weighted by Crippen LogP contribution is -1.75. The minimum absolute atomic E-state index is 0.0962. The summed E-state index contributed by atoms with van der Waals surface area (Å²) in [6.45, 7) is 0. The summed E-state index contributed by atoms with van der Waals surface area (Å²) >= 11 is 3.16. The largest absolute Gasteiger partial charge is 0.493 e. The third kappa shape index (κ3) is 1.91. The average molecular weight is 223 g/mol. The van der Waals surface area contributed by atoms with Crippen molar-refractivity contribution >= 4 is 23.1 Å². The summed E-state index contributed by atoms with van der Waals surface area (Å²) < 4.78 is 0. The Balaban J connectivity index is 2.33. The van der Waals surface area contributed by atoms with Gasteiger partial charge in [-0.05, 0) is 18.4 Å². The van der Waals surface area contributed by atoms with Crippen molar-refractivity contribution in [2.24, 2.45) is 0 Å². The summed E-state index contributed by atoms with van der Waals surface area (Å²) in [4.78, 5) is 5.23. The molecule has 4 heteroatoms. The summed E-state index contributed by atoms with van der Waals surface area (Å²) in [5.74, 6) is 0.0962. The SMILES string of the molecule is CSc1ccc(-c2nc(O)cs2)cc1. The van der Waals surface area contributed by atoms with Crippen molar-refractivity contribution in [1.82, 2.24) is 4.98 Å². The first kappa shape index (κ1) is 9.55. The first-order valence-corrected chi connectivity index (χ1v) is 6.19. The van der Waals surface area contributed by atoms with Gasteiger partial charge >= 0.3 is 0 Å². The van der Waals surface area contributed by atoms with Crippen LogP contribution in [0.15, 0.2) is 34.5 Å². The highest BCUT2D eigenvalue weighted by Crippen LogP contribution is 2.27. The molecule has 0 amide bonds. The molecule has 1 aromatic carbocycles. The molecule has 2 nitrogen and oxygen atoms in total. The van der Waals surface area contributed by atoms with E-state index in [0.717, 1.165) is 10.6 Å². The van der Waals surface area contributed by atoms with E-state index in [1.54, 1.807) is 17.1 Å². The van der Waals surface area contributed by atoms with Crippen LogP contribution in [0.2, 0.25) is 0 Å². The Hall–Kier alpha value is -1.00. The fourth-order valence-electron chi connectivity index (χ4n) is 1.13. The van der Waals surface area contributed by atoms with Crippen molar-refractivity contribution in [2.45, 2.75) is 4.90 Å². The molecule has 0 bridgehead atoms. The van der Waals surface area contributed by atoms with E-state index >= 15 is 0 Å². The molecule has 0 spiro atoms. The van der Waals surface area contributed by atoms with Gasteiger partial charge in [-0.15, -0.1) is 23.1 Å². The fraction of sp³-hybridized carbons (Fsp3) is 0.100. The number of hydrogen-bond acceptors (Lipinski definition) is 4. The molecule has 2 rings (SSSR count). The lowest BCUT2D eigenvalue weighted by molar-refractivity contribution is 0.458. The summed E-state index contributed by atoms with van der Waals surface area (Å²) in [5, 5.41) is 11.6. The normalized spacial score (nSPS) is 10.4. The minimum Gasteiger partial charge on any atom is -0.493 e. The molecule has 2 aromatic rings. The second-order valence-electron chi connectivity index (χ2n) is 2.74. The summed E-state index contributed by atoms with van der Waals surface area (Å²) in [6.07, 6.45) is 2.05. The molecule has 0 aliphatic carbocycles. The van der Waals surface area contributed by atoms with Gasteiger partial charge in [-0.2, -0.15) is 0 Å². The number of rotatable bonds is 2. The number of nitrogens with zero attached hydrogens (tertiary/aromatic N) is 1. The monoisotopic (exact) mass is 223 g/mol. The van der Waals surface area contributed by atoms with E-state index in [1.165, 1.54) is 16.2 Å². The molecule has 1 aromatic heterocycles. The predicted molar refractivity (Wildman–Crippen MR) is 61.0 cm³/mol. The lowest BCUT2D eigenvalue weighted by Gasteiger charge is -1.97. The molecule has 0 aliphatic heterocycles. The zero-order valence-electron chi connectivity index (χ0n) is 7.60. The molecule has 0 unspecified atom stereocenters. The number of thioether (sulfide) groups is 1. The highest BCUT2D eigenvalue weighted by Gasteiger charge is 2.02. The van der Waals surface area contributed by atoms with Crippen molar-refractivity contribution in [3.63, 3.8) is 0 Å². The Bertz CT molecular complexity index is 422. The van der Waals surface area contributed by atoms with Crippen molar-refractivity contribution in [3.05, 3.63) is 29.6 Å². The third-order valence-electron chi connectivity index (χ3n) is 1.83. The molecule has 14 heavy (non-hydrogen) atoms. The maximum absolute atomic E-state index is 9.11. The van der Waals surface area contributed by atoms with E-state index in [0.29, 0.717) is 0 Å². The molecule has 1 heterocycles. The van der Waals surface area contributed by atoms with Crippen LogP contribution in [-0.4, -0.2) is 16.3 Å². The second kappa shape index (κ2) is 4.02. The van der Waals surface area contributed by atoms with Gasteiger partial charge in [0, 0.05) is 10.5 Å². The van der Waals surface area contributed by atoms with Crippen LogP contribution in [0.5, 0.6) is 5.88 Å². The Labute approximate surface area is 90.6 Å². The van der Waals surface area contributed by atoms with Crippen LogP contribution in [0.4, 0.5) is 0 Å². The van der Waals surface area contributed by atoms with E-state index in [1.807, 2.05) is 18.4 Å². The van der Waals surface area contributed by atoms with E-state index in [9.17, 15) is 0 Å². The van der Waals surface area contributed by atoms with E-state index < -0.39 is 0 Å². The molecule has 1 N–H and O–H groups in total. The quantitative estimate of drug-likeness (QED) is 0.793. The Kier molecular flexibility index (Phi) is 2.74. The van der Waals surface area contributed by atoms with E-state index in [-0.39, 0.29) is 5.88 Å². The first-order valence-electron chi connectivity index (χ1n) is 4.08. The van der Waals surface area contributed by atoms with Gasteiger partial charge in [0.1, 0.15) is 5.01 Å². The van der Waals surface area contributed by atoms with Gasteiger partial charge in [0.15, 0.2) is 0 Å². The van der Waals surface area contributed by atoms with Crippen molar-refractivity contribution < 1.29 is 5.11 Å². The summed E-state index contributed by atoms with van der Waals surface area (Å²) in [6, 6.07) is 8.14. The molecule has 0 saturated carbocycles. The number of aromatic hydroxyl groups is 1. The smallest absolute Gasteiger partial charge is 0.222 e. The van der Waals surface area contributed by atoms with Crippen LogP contribution in [-0.2, 0) is 0 Å². The average Bonchev–Trinajstić information content (AvgIpc) is 2.65. The highest BCUT2D eigenvalue weighted by molar-refractivity contribution is 7.98. The Morgan fingerprint density at radius 2 is 2.00 bits per heavy atom. The Morgan fingerprint density at radius 3 is 2.50 bits per heavy atom. The molecule has 0 fully saturated rings. The van der Waals surface area contributed by atoms with Gasteiger partial charge in [-0.1, -0.05) is 12.1 Å². The Morgan fingerprint density at radius 1 is 1.29 bits per heavy atom. The van der Waals surface area contributed by atoms with Crippen LogP contribution in [0.3, 0.4) is 0 Å². The van der Waals surface area contributed by atoms with Gasteiger partial charge in [0.2, 0.25) is 5.88 Å². The van der Waals surface area contributed by atoms with Gasteiger partial charge in [0.05, 0.1) is 5.38 Å². The molecule has 0 saturated heterocycles. The molecular weight excluding hydrogens is 214 g/mol. The topological polar surface area (TPSA) is 33.1 Å². The summed E-state index contributed by atoms with van der Waals surface area (Å²) in [5.41, 5.74) is 1.05. The maximum Gasteiger partial charge on any atom is 0.222 e. The van der Waals surface area contributed by atoms with E-state index in [2.05, 4.69) is 17.1 Å². The molecule has 0 atom stereocenters. The fourth-order valence-corrected chi connectivity index (χ4v) is 2.23. The predicted octanol–water partition coefficient (Wildman–Crippen LogP) is 3.24. The number of thiazole rings is 1. The van der Waals surface area contributed by atoms with Gasteiger partial charge in [0.25, 0.3) is 0 Å². The van der Waals surface area contributed by atoms with Gasteiger partial charge in [-0.25, -0.2) is 4.98 Å². The van der Waals surface area contributed by atoms with Crippen LogP contribution >= 0.6 is 23.1 Å². The highest BCUT2D eigenvalue weighted by atomic mass is 32.2. The van der Waals surface area contributed by atoms with Crippen LogP contribution in [0.1, 0.15) is 0 Å². The standard InChI is InChI=1S/C10H9NOS2/c1-13-8-4-2-7(3-5-8)10-11-9(12)6-14-10/h2-6,12H,1H3. The molecule has 0 radical (unpaired) electrons. The number of hydrogen-bond donors (Lipinski definition) is 1. The van der Waals surface area contributed by atoms with Gasteiger partial charge < -0.3 is 5.11 Å². The molecule has 0 aliphatic rings. The zero-order valence-corrected chi connectivity index (χ0v) is 9.23. The first-order chi connectivity index (χ1) is 6.79. The second-order valence-corrected chi connectivity index (χ2v) is 4.48. The molecular formula is C10H9NOS2. The maximum atomic E-state index is 9.11. The third-order valence-corrected chi connectivity index (χ3v) is 3.45. The van der Waals surface area contributed by atoms with Crippen molar-refractivity contribution in [1.29, 1.82) is 0 Å². The number of aromatic nitrogens is 1. The van der Waals surface area contributed by atoms with Crippen LogP contribution in [0, 0.1) is 0 Å².